The number of nitrogen functional groups attached to an aromatic ring is 2. The summed E-state index contributed by atoms with van der Waals surface area (Å²) in [5.41, 5.74) is 15.4. The van der Waals surface area contributed by atoms with Crippen molar-refractivity contribution in [1.29, 1.82) is 0 Å². The van der Waals surface area contributed by atoms with Crippen molar-refractivity contribution in [1.82, 2.24) is 4.98 Å². The first-order chi connectivity index (χ1) is 9.24. The van der Waals surface area contributed by atoms with Crippen LogP contribution in [0.4, 0.5) is 11.4 Å². The molecule has 4 heteroatoms. The molecule has 0 saturated heterocycles. The quantitative estimate of drug-likeness (QED) is 0.686. The van der Waals surface area contributed by atoms with Crippen molar-refractivity contribution >= 4 is 11.4 Å². The average molecular weight is 251 g/mol. The van der Waals surface area contributed by atoms with Crippen molar-refractivity contribution in [2.24, 2.45) is 0 Å². The fraction of sp³-hybridized carbons (Fsp3) is 0. The first-order valence-corrected chi connectivity index (χ1v) is 5.90. The standard InChI is InChI=1S/C15H13N3O/c16-11-7-5-10(6-8-11)14-9-19-15(18-14)12-3-1-2-4-13(12)17/h1-9H,16-17H2. The van der Waals surface area contributed by atoms with E-state index in [4.69, 9.17) is 15.9 Å². The van der Waals surface area contributed by atoms with Crippen molar-refractivity contribution in [2.45, 2.75) is 0 Å². The van der Waals surface area contributed by atoms with E-state index >= 15 is 0 Å². The van der Waals surface area contributed by atoms with E-state index in [1.165, 1.54) is 0 Å². The van der Waals surface area contributed by atoms with Crippen LogP contribution in [0.5, 0.6) is 0 Å². The molecule has 4 N–H and O–H groups in total. The zero-order valence-corrected chi connectivity index (χ0v) is 10.2. The van der Waals surface area contributed by atoms with E-state index in [-0.39, 0.29) is 0 Å². The molecule has 0 spiro atoms. The molecule has 0 aliphatic rings. The van der Waals surface area contributed by atoms with Crippen LogP contribution in [0.1, 0.15) is 0 Å². The van der Waals surface area contributed by atoms with Crippen LogP contribution in [0.25, 0.3) is 22.7 Å². The maximum Gasteiger partial charge on any atom is 0.228 e. The molecule has 2 aromatic carbocycles. The normalized spacial score (nSPS) is 10.5. The number of aromatic nitrogens is 1. The van der Waals surface area contributed by atoms with Gasteiger partial charge < -0.3 is 15.9 Å². The summed E-state index contributed by atoms with van der Waals surface area (Å²) in [4.78, 5) is 4.45. The summed E-state index contributed by atoms with van der Waals surface area (Å²) in [7, 11) is 0. The zero-order valence-electron chi connectivity index (χ0n) is 10.2. The van der Waals surface area contributed by atoms with Gasteiger partial charge >= 0.3 is 0 Å². The molecule has 19 heavy (non-hydrogen) atoms. The van der Waals surface area contributed by atoms with Crippen LogP contribution in [0.2, 0.25) is 0 Å². The number of rotatable bonds is 2. The van der Waals surface area contributed by atoms with Crippen LogP contribution in [-0.4, -0.2) is 4.98 Å². The molecule has 0 fully saturated rings. The third kappa shape index (κ3) is 2.15. The first kappa shape index (κ1) is 11.3. The van der Waals surface area contributed by atoms with E-state index in [2.05, 4.69) is 4.98 Å². The second-order valence-electron chi connectivity index (χ2n) is 4.25. The monoisotopic (exact) mass is 251 g/mol. The highest BCUT2D eigenvalue weighted by molar-refractivity contribution is 5.72. The van der Waals surface area contributed by atoms with Gasteiger partial charge in [0.25, 0.3) is 0 Å². The molecule has 0 aliphatic carbocycles. The van der Waals surface area contributed by atoms with Crippen LogP contribution in [-0.2, 0) is 0 Å². The fourth-order valence-electron chi connectivity index (χ4n) is 1.88. The summed E-state index contributed by atoms with van der Waals surface area (Å²) in [6.07, 6.45) is 1.62. The van der Waals surface area contributed by atoms with Crippen molar-refractivity contribution in [2.75, 3.05) is 11.5 Å². The number of anilines is 2. The second-order valence-corrected chi connectivity index (χ2v) is 4.25. The third-order valence-corrected chi connectivity index (χ3v) is 2.90. The molecule has 0 unspecified atom stereocenters. The predicted octanol–water partition coefficient (Wildman–Crippen LogP) is 3.17. The zero-order chi connectivity index (χ0) is 13.2. The first-order valence-electron chi connectivity index (χ1n) is 5.90. The van der Waals surface area contributed by atoms with Crippen LogP contribution < -0.4 is 11.5 Å². The average Bonchev–Trinajstić information content (AvgIpc) is 2.89. The van der Waals surface area contributed by atoms with Gasteiger partial charge in [-0.25, -0.2) is 4.98 Å². The van der Waals surface area contributed by atoms with Gasteiger partial charge in [0.05, 0.1) is 5.56 Å². The molecule has 4 nitrogen and oxygen atoms in total. The maximum atomic E-state index is 5.90. The molecule has 0 aliphatic heterocycles. The third-order valence-electron chi connectivity index (χ3n) is 2.90. The van der Waals surface area contributed by atoms with E-state index in [9.17, 15) is 0 Å². The number of oxazole rings is 1. The summed E-state index contributed by atoms with van der Waals surface area (Å²) in [5.74, 6) is 0.518. The SMILES string of the molecule is Nc1ccc(-c2coc(-c3ccccc3N)n2)cc1. The molecule has 0 saturated carbocycles. The Morgan fingerprint density at radius 2 is 1.63 bits per heavy atom. The fourth-order valence-corrected chi connectivity index (χ4v) is 1.88. The lowest BCUT2D eigenvalue weighted by Crippen LogP contribution is -1.89. The lowest BCUT2D eigenvalue weighted by Gasteiger charge is -1.99. The highest BCUT2D eigenvalue weighted by atomic mass is 16.3. The maximum absolute atomic E-state index is 5.90. The van der Waals surface area contributed by atoms with Gasteiger partial charge in [0.15, 0.2) is 0 Å². The lowest BCUT2D eigenvalue weighted by molar-refractivity contribution is 0.575. The van der Waals surface area contributed by atoms with E-state index in [0.29, 0.717) is 11.6 Å². The molecule has 1 aromatic heterocycles. The van der Waals surface area contributed by atoms with E-state index in [0.717, 1.165) is 22.5 Å². The highest BCUT2D eigenvalue weighted by Crippen LogP contribution is 2.28. The van der Waals surface area contributed by atoms with Crippen molar-refractivity contribution in [3.63, 3.8) is 0 Å². The van der Waals surface area contributed by atoms with Crippen LogP contribution >= 0.6 is 0 Å². The molecular formula is C15H13N3O. The molecule has 0 atom stereocenters. The molecular weight excluding hydrogens is 238 g/mol. The molecule has 3 aromatic rings. The summed E-state index contributed by atoms with van der Waals surface area (Å²) in [5, 5.41) is 0. The largest absolute Gasteiger partial charge is 0.444 e. The van der Waals surface area contributed by atoms with Gasteiger partial charge in [-0.05, 0) is 24.3 Å². The number of para-hydroxylation sites is 1. The Morgan fingerprint density at radius 1 is 0.895 bits per heavy atom. The Kier molecular flexibility index (Phi) is 2.68. The van der Waals surface area contributed by atoms with Gasteiger partial charge in [-0.1, -0.05) is 24.3 Å². The van der Waals surface area contributed by atoms with Crippen molar-refractivity contribution in [3.8, 4) is 22.7 Å². The smallest absolute Gasteiger partial charge is 0.228 e. The van der Waals surface area contributed by atoms with Gasteiger partial charge in [-0.15, -0.1) is 0 Å². The van der Waals surface area contributed by atoms with Crippen LogP contribution in [0.3, 0.4) is 0 Å². The van der Waals surface area contributed by atoms with Crippen molar-refractivity contribution in [3.05, 3.63) is 54.8 Å². The topological polar surface area (TPSA) is 78.1 Å². The van der Waals surface area contributed by atoms with Gasteiger partial charge in [0.1, 0.15) is 12.0 Å². The Labute approximate surface area is 110 Å². The van der Waals surface area contributed by atoms with E-state index in [1.54, 1.807) is 6.26 Å². The summed E-state index contributed by atoms with van der Waals surface area (Å²) in [6.45, 7) is 0. The number of nitrogens with zero attached hydrogens (tertiary/aromatic N) is 1. The molecule has 0 radical (unpaired) electrons. The molecule has 94 valence electrons. The summed E-state index contributed by atoms with van der Waals surface area (Å²) >= 11 is 0. The second kappa shape index (κ2) is 4.49. The minimum atomic E-state index is 0.518. The summed E-state index contributed by atoms with van der Waals surface area (Å²) in [6, 6.07) is 15.0. The van der Waals surface area contributed by atoms with E-state index in [1.807, 2.05) is 48.5 Å². The van der Waals surface area contributed by atoms with Gasteiger partial charge in [0, 0.05) is 16.9 Å². The van der Waals surface area contributed by atoms with Gasteiger partial charge in [-0.3, -0.25) is 0 Å². The minimum absolute atomic E-state index is 0.518. The van der Waals surface area contributed by atoms with Gasteiger partial charge in [0.2, 0.25) is 5.89 Å². The van der Waals surface area contributed by atoms with Crippen molar-refractivity contribution < 1.29 is 4.42 Å². The number of nitrogens with two attached hydrogens (primary N) is 2. The predicted molar refractivity (Wildman–Crippen MR) is 76.2 cm³/mol. The molecule has 1 heterocycles. The van der Waals surface area contributed by atoms with Gasteiger partial charge in [-0.2, -0.15) is 0 Å². The number of benzene rings is 2. The lowest BCUT2D eigenvalue weighted by atomic mass is 10.1. The van der Waals surface area contributed by atoms with E-state index < -0.39 is 0 Å². The Balaban J connectivity index is 2.00. The molecule has 0 bridgehead atoms. The van der Waals surface area contributed by atoms with Crippen LogP contribution in [0.15, 0.2) is 59.2 Å². The summed E-state index contributed by atoms with van der Waals surface area (Å²) < 4.78 is 5.49. The minimum Gasteiger partial charge on any atom is -0.444 e. The molecule has 3 rings (SSSR count). The Morgan fingerprint density at radius 3 is 2.37 bits per heavy atom. The number of hydrogen-bond acceptors (Lipinski definition) is 4. The Hall–Kier alpha value is -2.75. The Bertz CT molecular complexity index is 701. The van der Waals surface area contributed by atoms with Crippen LogP contribution in [0, 0.1) is 0 Å². The highest BCUT2D eigenvalue weighted by Gasteiger charge is 2.10. The molecule has 0 amide bonds. The number of hydrogen-bond donors (Lipinski definition) is 2.